The zero-order valence-corrected chi connectivity index (χ0v) is 12.1. The second kappa shape index (κ2) is 5.20. The van der Waals surface area contributed by atoms with Crippen LogP contribution in [0.25, 0.3) is 0 Å². The van der Waals surface area contributed by atoms with Gasteiger partial charge in [0, 0.05) is 26.6 Å². The highest BCUT2D eigenvalue weighted by atomic mass is 19.1. The molecule has 1 N–H and O–H groups in total. The van der Waals surface area contributed by atoms with E-state index in [2.05, 4.69) is 9.97 Å². The van der Waals surface area contributed by atoms with E-state index in [4.69, 9.17) is 0 Å². The minimum atomic E-state index is -0.301. The zero-order valence-electron chi connectivity index (χ0n) is 12.1. The first-order chi connectivity index (χ1) is 10.1. The van der Waals surface area contributed by atoms with Gasteiger partial charge in [-0.25, -0.2) is 9.37 Å². The van der Waals surface area contributed by atoms with E-state index in [9.17, 15) is 9.18 Å². The molecule has 110 valence electrons. The molecule has 0 bridgehead atoms. The van der Waals surface area contributed by atoms with Crippen LogP contribution in [0.2, 0.25) is 0 Å². The average Bonchev–Trinajstić information content (AvgIpc) is 2.96. The van der Waals surface area contributed by atoms with Crippen molar-refractivity contribution in [2.24, 2.45) is 0 Å². The van der Waals surface area contributed by atoms with Crippen LogP contribution >= 0.6 is 0 Å². The predicted molar refractivity (Wildman–Crippen MR) is 79.3 cm³/mol. The van der Waals surface area contributed by atoms with Crippen molar-refractivity contribution >= 4 is 17.3 Å². The zero-order chi connectivity index (χ0) is 15.0. The smallest absolute Gasteiger partial charge is 0.276 e. The molecule has 0 aliphatic carbocycles. The Morgan fingerprint density at radius 3 is 2.90 bits per heavy atom. The number of aryl methyl sites for hydroxylation is 1. The maximum atomic E-state index is 13.4. The van der Waals surface area contributed by atoms with Crippen molar-refractivity contribution in [2.75, 3.05) is 29.9 Å². The van der Waals surface area contributed by atoms with Crippen molar-refractivity contribution in [2.45, 2.75) is 13.3 Å². The Morgan fingerprint density at radius 2 is 2.19 bits per heavy atom. The predicted octanol–water partition coefficient (Wildman–Crippen LogP) is 2.21. The first-order valence-electron chi connectivity index (χ1n) is 6.96. The van der Waals surface area contributed by atoms with Gasteiger partial charge >= 0.3 is 0 Å². The number of H-pyrrole nitrogens is 1. The third-order valence-electron chi connectivity index (χ3n) is 3.74. The number of aromatic amines is 1. The number of amides is 1. The number of anilines is 2. The molecule has 1 aromatic heterocycles. The number of imidazole rings is 1. The lowest BCUT2D eigenvalue weighted by Gasteiger charge is -2.35. The first kappa shape index (κ1) is 13.6. The summed E-state index contributed by atoms with van der Waals surface area (Å²) in [5.41, 5.74) is 1.92. The molecule has 1 aromatic carbocycles. The van der Waals surface area contributed by atoms with Crippen LogP contribution in [0.15, 0.2) is 24.4 Å². The molecule has 0 saturated carbocycles. The molecule has 1 amide bonds. The van der Waals surface area contributed by atoms with Gasteiger partial charge in [-0.3, -0.25) is 4.79 Å². The van der Waals surface area contributed by atoms with E-state index < -0.39 is 0 Å². The second-order valence-electron chi connectivity index (χ2n) is 5.11. The van der Waals surface area contributed by atoms with E-state index >= 15 is 0 Å². The topological polar surface area (TPSA) is 52.2 Å². The van der Waals surface area contributed by atoms with E-state index in [-0.39, 0.29) is 11.7 Å². The summed E-state index contributed by atoms with van der Waals surface area (Å²) in [7, 11) is 1.89. The van der Waals surface area contributed by atoms with Crippen molar-refractivity contribution in [1.29, 1.82) is 0 Å². The minimum absolute atomic E-state index is 0.136. The summed E-state index contributed by atoms with van der Waals surface area (Å²) in [6.07, 6.45) is 2.31. The van der Waals surface area contributed by atoms with Gasteiger partial charge in [0.2, 0.25) is 0 Å². The molecule has 21 heavy (non-hydrogen) atoms. The van der Waals surface area contributed by atoms with Gasteiger partial charge in [-0.15, -0.1) is 0 Å². The van der Waals surface area contributed by atoms with E-state index in [0.717, 1.165) is 23.6 Å². The lowest BCUT2D eigenvalue weighted by atomic mass is 10.1. The fourth-order valence-electron chi connectivity index (χ4n) is 2.53. The van der Waals surface area contributed by atoms with Gasteiger partial charge < -0.3 is 14.8 Å². The monoisotopic (exact) mass is 288 g/mol. The average molecular weight is 288 g/mol. The molecule has 0 atom stereocenters. The third kappa shape index (κ3) is 2.37. The number of benzene rings is 1. The number of aromatic nitrogens is 2. The Morgan fingerprint density at radius 1 is 1.38 bits per heavy atom. The molecule has 0 saturated heterocycles. The normalized spacial score (nSPS) is 14.2. The third-order valence-corrected chi connectivity index (χ3v) is 3.74. The molecular weight excluding hydrogens is 271 g/mol. The summed E-state index contributed by atoms with van der Waals surface area (Å²) in [5, 5.41) is 0. The Hall–Kier alpha value is -2.37. The van der Waals surface area contributed by atoms with Crippen LogP contribution in [0, 0.1) is 5.82 Å². The van der Waals surface area contributed by atoms with Crippen molar-refractivity contribution < 1.29 is 9.18 Å². The van der Waals surface area contributed by atoms with Crippen LogP contribution in [0.5, 0.6) is 0 Å². The highest BCUT2D eigenvalue weighted by molar-refractivity contribution is 6.07. The van der Waals surface area contributed by atoms with E-state index in [1.165, 1.54) is 12.1 Å². The van der Waals surface area contributed by atoms with Gasteiger partial charge in [0.15, 0.2) is 0 Å². The molecule has 0 fully saturated rings. The number of hydrogen-bond donors (Lipinski definition) is 1. The van der Waals surface area contributed by atoms with Gasteiger partial charge in [0.1, 0.15) is 17.3 Å². The largest absolute Gasteiger partial charge is 0.371 e. The SMILES string of the molecule is CCc1ncc(C(=O)N2CCN(C)c3cc(F)ccc32)[nH]1. The number of carbonyl (C=O) groups is 1. The highest BCUT2D eigenvalue weighted by Crippen LogP contribution is 2.33. The lowest BCUT2D eigenvalue weighted by molar-refractivity contribution is 0.0982. The van der Waals surface area contributed by atoms with Crippen LogP contribution in [-0.2, 0) is 6.42 Å². The van der Waals surface area contributed by atoms with Crippen molar-refractivity contribution in [3.05, 3.63) is 41.7 Å². The molecule has 1 aliphatic heterocycles. The Kier molecular flexibility index (Phi) is 3.37. The number of hydrogen-bond acceptors (Lipinski definition) is 3. The molecule has 2 aromatic rings. The summed E-state index contributed by atoms with van der Waals surface area (Å²) in [6, 6.07) is 4.48. The number of rotatable bonds is 2. The first-order valence-corrected chi connectivity index (χ1v) is 6.96. The van der Waals surface area contributed by atoms with Crippen molar-refractivity contribution in [3.8, 4) is 0 Å². The summed E-state index contributed by atoms with van der Waals surface area (Å²) in [4.78, 5) is 23.4. The molecule has 6 heteroatoms. The van der Waals surface area contributed by atoms with Gasteiger partial charge in [0.25, 0.3) is 5.91 Å². The van der Waals surface area contributed by atoms with Crippen LogP contribution in [0.3, 0.4) is 0 Å². The minimum Gasteiger partial charge on any atom is -0.371 e. The number of nitrogens with one attached hydrogen (secondary N) is 1. The van der Waals surface area contributed by atoms with Gasteiger partial charge in [-0.1, -0.05) is 6.92 Å². The molecule has 0 unspecified atom stereocenters. The van der Waals surface area contributed by atoms with Crippen LogP contribution in [0.1, 0.15) is 23.2 Å². The molecule has 1 aliphatic rings. The van der Waals surface area contributed by atoms with E-state index in [1.54, 1.807) is 17.2 Å². The van der Waals surface area contributed by atoms with Crippen molar-refractivity contribution in [1.82, 2.24) is 9.97 Å². The maximum Gasteiger partial charge on any atom is 0.276 e. The fraction of sp³-hybridized carbons (Fsp3) is 0.333. The summed E-state index contributed by atoms with van der Waals surface area (Å²) in [5.74, 6) is 0.347. The Balaban J connectivity index is 1.97. The maximum absolute atomic E-state index is 13.4. The number of nitrogens with zero attached hydrogens (tertiary/aromatic N) is 3. The molecule has 5 nitrogen and oxygen atoms in total. The van der Waals surface area contributed by atoms with E-state index in [1.807, 2.05) is 18.9 Å². The highest BCUT2D eigenvalue weighted by Gasteiger charge is 2.27. The molecule has 0 spiro atoms. The van der Waals surface area contributed by atoms with Crippen LogP contribution < -0.4 is 9.80 Å². The van der Waals surface area contributed by atoms with Crippen molar-refractivity contribution in [3.63, 3.8) is 0 Å². The molecule has 2 heterocycles. The lowest BCUT2D eigenvalue weighted by Crippen LogP contribution is -2.42. The van der Waals surface area contributed by atoms with Crippen LogP contribution in [-0.4, -0.2) is 36.0 Å². The number of likely N-dealkylation sites (N-methyl/N-ethyl adjacent to an activating group) is 1. The standard InChI is InChI=1S/C15H17FN4O/c1-3-14-17-9-11(18-14)15(21)20-7-6-19(2)13-8-10(16)4-5-12(13)20/h4-5,8-9H,3,6-7H2,1-2H3,(H,17,18). The summed E-state index contributed by atoms with van der Waals surface area (Å²) >= 11 is 0. The summed E-state index contributed by atoms with van der Waals surface area (Å²) < 4.78 is 13.4. The van der Waals surface area contributed by atoms with Crippen LogP contribution in [0.4, 0.5) is 15.8 Å². The van der Waals surface area contributed by atoms with Gasteiger partial charge in [-0.2, -0.15) is 0 Å². The number of carbonyl (C=O) groups excluding carboxylic acids is 1. The second-order valence-corrected chi connectivity index (χ2v) is 5.11. The van der Waals surface area contributed by atoms with E-state index in [0.29, 0.717) is 18.8 Å². The fourth-order valence-corrected chi connectivity index (χ4v) is 2.53. The molecule has 3 rings (SSSR count). The molecule has 0 radical (unpaired) electrons. The number of fused-ring (bicyclic) bond motifs is 1. The Labute approximate surface area is 122 Å². The molecular formula is C15H17FN4O. The van der Waals surface area contributed by atoms with Gasteiger partial charge in [-0.05, 0) is 18.2 Å². The number of halogens is 1. The summed E-state index contributed by atoms with van der Waals surface area (Å²) in [6.45, 7) is 3.20. The van der Waals surface area contributed by atoms with Gasteiger partial charge in [0.05, 0.1) is 17.6 Å². The Bertz CT molecular complexity index is 682. The quantitative estimate of drug-likeness (QED) is 0.921.